The number of carboxylic acids is 1. The summed E-state index contributed by atoms with van der Waals surface area (Å²) in [6.07, 6.45) is 2.15. The Morgan fingerprint density at radius 2 is 1.79 bits per heavy atom. The van der Waals surface area contributed by atoms with Crippen LogP contribution in [0.3, 0.4) is 0 Å². The van der Waals surface area contributed by atoms with Crippen LogP contribution in [-0.4, -0.2) is 34.6 Å². The van der Waals surface area contributed by atoms with Crippen LogP contribution in [-0.2, 0) is 11.3 Å². The Kier molecular flexibility index (Phi) is 8.60. The molecule has 0 aliphatic heterocycles. The zero-order chi connectivity index (χ0) is 23.8. The number of amides is 1. The second-order valence-corrected chi connectivity index (χ2v) is 9.22. The zero-order valence-corrected chi connectivity index (χ0v) is 20.1. The maximum Gasteiger partial charge on any atom is 0.326 e. The van der Waals surface area contributed by atoms with Gasteiger partial charge in [-0.2, -0.15) is 0 Å². The van der Waals surface area contributed by atoms with E-state index in [1.165, 1.54) is 0 Å². The fourth-order valence-electron chi connectivity index (χ4n) is 3.46. The predicted octanol–water partition coefficient (Wildman–Crippen LogP) is 5.46. The Morgan fingerprint density at radius 1 is 1.09 bits per heavy atom. The lowest BCUT2D eigenvalue weighted by atomic mass is 10.0. The van der Waals surface area contributed by atoms with Crippen molar-refractivity contribution in [1.29, 1.82) is 0 Å². The third-order valence-electron chi connectivity index (χ3n) is 5.42. The van der Waals surface area contributed by atoms with Crippen molar-refractivity contribution in [3.8, 4) is 11.3 Å². The minimum Gasteiger partial charge on any atom is -0.480 e. The molecular formula is C26H31N3O3S. The molecule has 174 valence electrons. The van der Waals surface area contributed by atoms with E-state index in [2.05, 4.69) is 34.7 Å². The lowest BCUT2D eigenvalue weighted by Gasteiger charge is -2.22. The highest BCUT2D eigenvalue weighted by Gasteiger charge is 2.24. The monoisotopic (exact) mass is 465 g/mol. The summed E-state index contributed by atoms with van der Waals surface area (Å²) in [7, 11) is 0. The quantitative estimate of drug-likeness (QED) is 0.393. The van der Waals surface area contributed by atoms with Gasteiger partial charge in [0.25, 0.3) is 5.91 Å². The first-order valence-corrected chi connectivity index (χ1v) is 12.2. The van der Waals surface area contributed by atoms with Gasteiger partial charge in [0.05, 0.1) is 5.69 Å². The van der Waals surface area contributed by atoms with Gasteiger partial charge in [-0.25, -0.2) is 9.78 Å². The number of aromatic nitrogens is 1. The number of nitrogens with one attached hydrogen (secondary N) is 1. The van der Waals surface area contributed by atoms with Gasteiger partial charge in [0.2, 0.25) is 0 Å². The summed E-state index contributed by atoms with van der Waals surface area (Å²) in [6.45, 7) is 7.30. The topological polar surface area (TPSA) is 82.5 Å². The predicted molar refractivity (Wildman–Crippen MR) is 134 cm³/mol. The first-order valence-electron chi connectivity index (χ1n) is 11.3. The van der Waals surface area contributed by atoms with E-state index < -0.39 is 12.0 Å². The SMILES string of the molecule is CCCCN(Cc1ccc(C(=O)NC(C(=O)O)C(C)C)cc1)c1nc(-c2ccccc2)cs1. The second kappa shape index (κ2) is 11.6. The molecule has 0 fully saturated rings. The van der Waals surface area contributed by atoms with Crippen molar-refractivity contribution < 1.29 is 14.7 Å². The molecule has 6 nitrogen and oxygen atoms in total. The van der Waals surface area contributed by atoms with Crippen LogP contribution in [0, 0.1) is 5.92 Å². The standard InChI is InChI=1S/C26H31N3O3S/c1-4-5-15-29(26-27-22(17-33-26)20-9-7-6-8-10-20)16-19-11-13-21(14-12-19)24(30)28-23(18(2)3)25(31)32/h6-14,17-18,23H,4-5,15-16H2,1-3H3,(H,28,30)(H,31,32). The number of anilines is 1. The van der Waals surface area contributed by atoms with Crippen LogP contribution in [0.1, 0.15) is 49.5 Å². The molecule has 0 spiro atoms. The lowest BCUT2D eigenvalue weighted by Crippen LogP contribution is -2.44. The van der Waals surface area contributed by atoms with Gasteiger partial charge in [-0.05, 0) is 30.0 Å². The number of carbonyl (C=O) groups is 2. The number of unbranched alkanes of at least 4 members (excludes halogenated alkanes) is 1. The van der Waals surface area contributed by atoms with Crippen molar-refractivity contribution in [3.05, 3.63) is 71.1 Å². The Balaban J connectivity index is 1.72. The Labute approximate surface area is 199 Å². The van der Waals surface area contributed by atoms with Crippen LogP contribution >= 0.6 is 11.3 Å². The highest BCUT2D eigenvalue weighted by atomic mass is 32.1. The summed E-state index contributed by atoms with van der Waals surface area (Å²) < 4.78 is 0. The number of hydrogen-bond donors (Lipinski definition) is 2. The first-order chi connectivity index (χ1) is 15.9. The molecule has 3 rings (SSSR count). The van der Waals surface area contributed by atoms with Gasteiger partial charge in [-0.1, -0.05) is 69.7 Å². The van der Waals surface area contributed by atoms with E-state index in [0.717, 1.165) is 41.3 Å². The number of nitrogens with zero attached hydrogens (tertiary/aromatic N) is 2. The average molecular weight is 466 g/mol. The van der Waals surface area contributed by atoms with E-state index in [-0.39, 0.29) is 11.8 Å². The summed E-state index contributed by atoms with van der Waals surface area (Å²) in [5.74, 6) is -1.60. The molecule has 1 unspecified atom stereocenters. The van der Waals surface area contributed by atoms with Crippen molar-refractivity contribution >= 4 is 28.3 Å². The van der Waals surface area contributed by atoms with Crippen LogP contribution in [0.4, 0.5) is 5.13 Å². The second-order valence-electron chi connectivity index (χ2n) is 8.39. The molecule has 1 atom stereocenters. The molecule has 3 aromatic rings. The number of thiazole rings is 1. The Morgan fingerprint density at radius 3 is 2.39 bits per heavy atom. The van der Waals surface area contributed by atoms with E-state index in [1.807, 2.05) is 30.3 Å². The third kappa shape index (κ3) is 6.65. The number of aliphatic carboxylic acids is 1. The van der Waals surface area contributed by atoms with Crippen LogP contribution in [0.2, 0.25) is 0 Å². The molecular weight excluding hydrogens is 434 g/mol. The normalized spacial score (nSPS) is 11.9. The number of benzene rings is 2. The highest BCUT2D eigenvalue weighted by molar-refractivity contribution is 7.14. The lowest BCUT2D eigenvalue weighted by molar-refractivity contribution is -0.140. The molecule has 0 saturated carbocycles. The molecule has 0 radical (unpaired) electrons. The van der Waals surface area contributed by atoms with Gasteiger partial charge in [0.15, 0.2) is 5.13 Å². The van der Waals surface area contributed by atoms with Crippen molar-refractivity contribution in [2.24, 2.45) is 5.92 Å². The highest BCUT2D eigenvalue weighted by Crippen LogP contribution is 2.28. The van der Waals surface area contributed by atoms with E-state index >= 15 is 0 Å². The van der Waals surface area contributed by atoms with E-state index in [1.54, 1.807) is 37.3 Å². The van der Waals surface area contributed by atoms with Gasteiger partial charge in [0.1, 0.15) is 6.04 Å². The fraction of sp³-hybridized carbons (Fsp3) is 0.346. The molecule has 0 bridgehead atoms. The molecule has 1 heterocycles. The molecule has 7 heteroatoms. The maximum atomic E-state index is 12.5. The zero-order valence-electron chi connectivity index (χ0n) is 19.3. The van der Waals surface area contributed by atoms with Gasteiger partial charge in [-0.15, -0.1) is 11.3 Å². The van der Waals surface area contributed by atoms with Crippen LogP contribution in [0.5, 0.6) is 0 Å². The molecule has 33 heavy (non-hydrogen) atoms. The maximum absolute atomic E-state index is 12.5. The molecule has 0 aliphatic rings. The third-order valence-corrected chi connectivity index (χ3v) is 6.32. The van der Waals surface area contributed by atoms with Crippen molar-refractivity contribution in [2.75, 3.05) is 11.4 Å². The fourth-order valence-corrected chi connectivity index (χ4v) is 4.32. The Hall–Kier alpha value is -3.19. The van der Waals surface area contributed by atoms with Gasteiger partial charge in [0, 0.05) is 29.6 Å². The van der Waals surface area contributed by atoms with Crippen LogP contribution in [0.15, 0.2) is 60.0 Å². The average Bonchev–Trinajstić information content (AvgIpc) is 3.31. The van der Waals surface area contributed by atoms with Crippen LogP contribution in [0.25, 0.3) is 11.3 Å². The van der Waals surface area contributed by atoms with Crippen LogP contribution < -0.4 is 10.2 Å². The summed E-state index contributed by atoms with van der Waals surface area (Å²) in [5, 5.41) is 15.0. The molecule has 1 aromatic heterocycles. The molecule has 0 saturated heterocycles. The number of carboxylic acid groups (broad SMARTS) is 1. The minimum absolute atomic E-state index is 0.197. The minimum atomic E-state index is -1.03. The number of hydrogen-bond acceptors (Lipinski definition) is 5. The van der Waals surface area contributed by atoms with Crippen molar-refractivity contribution in [1.82, 2.24) is 10.3 Å². The first kappa shape index (κ1) is 24.5. The largest absolute Gasteiger partial charge is 0.480 e. The summed E-state index contributed by atoms with van der Waals surface area (Å²) in [5.41, 5.74) is 3.60. The van der Waals surface area contributed by atoms with Crippen molar-refractivity contribution in [2.45, 2.75) is 46.2 Å². The number of rotatable bonds is 11. The van der Waals surface area contributed by atoms with Crippen molar-refractivity contribution in [3.63, 3.8) is 0 Å². The Bertz CT molecular complexity index is 1050. The van der Waals surface area contributed by atoms with E-state index in [4.69, 9.17) is 4.98 Å². The molecule has 2 aromatic carbocycles. The van der Waals surface area contributed by atoms with Gasteiger partial charge in [-0.3, -0.25) is 4.79 Å². The molecule has 1 amide bonds. The smallest absolute Gasteiger partial charge is 0.326 e. The molecule has 2 N–H and O–H groups in total. The van der Waals surface area contributed by atoms with E-state index in [0.29, 0.717) is 12.1 Å². The van der Waals surface area contributed by atoms with Gasteiger partial charge >= 0.3 is 5.97 Å². The van der Waals surface area contributed by atoms with E-state index in [9.17, 15) is 14.7 Å². The summed E-state index contributed by atoms with van der Waals surface area (Å²) in [4.78, 5) is 31.0. The summed E-state index contributed by atoms with van der Waals surface area (Å²) >= 11 is 1.64. The molecule has 0 aliphatic carbocycles. The summed E-state index contributed by atoms with van der Waals surface area (Å²) in [6, 6.07) is 16.6. The number of carbonyl (C=O) groups excluding carboxylic acids is 1. The van der Waals surface area contributed by atoms with Gasteiger partial charge < -0.3 is 15.3 Å².